The molecule has 1 atom stereocenters. The zero-order valence-electron chi connectivity index (χ0n) is 7.90. The summed E-state index contributed by atoms with van der Waals surface area (Å²) in [5.74, 6) is 0.727. The fraction of sp³-hybridized carbons (Fsp3) is 1.00. The minimum Gasteiger partial charge on any atom is -0.379 e. The zero-order chi connectivity index (χ0) is 8.20. The molecule has 0 aliphatic carbocycles. The molecule has 0 radical (unpaired) electrons. The summed E-state index contributed by atoms with van der Waals surface area (Å²) in [5, 5.41) is 0. The summed E-state index contributed by atoms with van der Waals surface area (Å²) in [6, 6.07) is 0. The Bertz CT molecular complexity index is 82.7. The van der Waals surface area contributed by atoms with Gasteiger partial charge in [-0.15, -0.1) is 0 Å². The quantitative estimate of drug-likeness (QED) is 0.589. The maximum absolute atomic E-state index is 5.40. The van der Waals surface area contributed by atoms with Crippen LogP contribution in [0.2, 0.25) is 0 Å². The normalized spacial score (nSPS) is 17.4. The predicted octanol–water partition coefficient (Wildman–Crippen LogP) is 2.85. The second kappa shape index (κ2) is 3.97. The molecular formula is C9H20O. The van der Waals surface area contributed by atoms with E-state index in [1.54, 1.807) is 7.11 Å². The molecule has 0 saturated heterocycles. The van der Waals surface area contributed by atoms with Gasteiger partial charge in [0, 0.05) is 7.11 Å². The van der Waals surface area contributed by atoms with Gasteiger partial charge in [0.05, 0.1) is 5.60 Å². The standard InChI is InChI=1S/C9H20O/c1-6-9(4,10-5)7-8(2)3/h8H,6-7H2,1-5H3. The summed E-state index contributed by atoms with van der Waals surface area (Å²) in [6.45, 7) is 8.80. The fourth-order valence-corrected chi connectivity index (χ4v) is 1.24. The Balaban J connectivity index is 3.80. The predicted molar refractivity (Wildman–Crippen MR) is 45.2 cm³/mol. The van der Waals surface area contributed by atoms with Crippen LogP contribution in [0.5, 0.6) is 0 Å². The van der Waals surface area contributed by atoms with Crippen LogP contribution in [0.1, 0.15) is 40.5 Å². The number of ether oxygens (including phenoxy) is 1. The molecule has 0 aliphatic rings. The SMILES string of the molecule is CCC(C)(CC(C)C)OC. The molecule has 1 heteroatoms. The maximum Gasteiger partial charge on any atom is 0.0650 e. The van der Waals surface area contributed by atoms with Crippen molar-refractivity contribution in [1.29, 1.82) is 0 Å². The van der Waals surface area contributed by atoms with Gasteiger partial charge in [0.1, 0.15) is 0 Å². The van der Waals surface area contributed by atoms with Crippen LogP contribution in [-0.2, 0) is 4.74 Å². The van der Waals surface area contributed by atoms with E-state index in [2.05, 4.69) is 27.7 Å². The van der Waals surface area contributed by atoms with Gasteiger partial charge in [-0.1, -0.05) is 20.8 Å². The van der Waals surface area contributed by atoms with Crippen molar-refractivity contribution >= 4 is 0 Å². The van der Waals surface area contributed by atoms with Crippen molar-refractivity contribution < 1.29 is 4.74 Å². The van der Waals surface area contributed by atoms with Gasteiger partial charge in [0.15, 0.2) is 0 Å². The Morgan fingerprint density at radius 2 is 1.90 bits per heavy atom. The van der Waals surface area contributed by atoms with E-state index in [4.69, 9.17) is 4.74 Å². The van der Waals surface area contributed by atoms with Crippen LogP contribution in [0.4, 0.5) is 0 Å². The smallest absolute Gasteiger partial charge is 0.0650 e. The first-order valence-electron chi connectivity index (χ1n) is 4.09. The average molecular weight is 144 g/mol. The highest BCUT2D eigenvalue weighted by Crippen LogP contribution is 2.22. The zero-order valence-corrected chi connectivity index (χ0v) is 7.90. The Hall–Kier alpha value is -0.0400. The van der Waals surface area contributed by atoms with Gasteiger partial charge >= 0.3 is 0 Å². The lowest BCUT2D eigenvalue weighted by atomic mass is 9.92. The van der Waals surface area contributed by atoms with Gasteiger partial charge in [-0.05, 0) is 25.7 Å². The lowest BCUT2D eigenvalue weighted by molar-refractivity contribution is -0.0136. The van der Waals surface area contributed by atoms with Crippen LogP contribution in [0.15, 0.2) is 0 Å². The molecule has 0 aromatic carbocycles. The molecule has 0 N–H and O–H groups in total. The minimum absolute atomic E-state index is 0.105. The van der Waals surface area contributed by atoms with E-state index in [0.29, 0.717) is 0 Å². The molecule has 0 rings (SSSR count). The number of rotatable bonds is 4. The molecule has 0 amide bonds. The lowest BCUT2D eigenvalue weighted by Crippen LogP contribution is -2.27. The summed E-state index contributed by atoms with van der Waals surface area (Å²) in [6.07, 6.45) is 2.25. The minimum atomic E-state index is 0.105. The van der Waals surface area contributed by atoms with Crippen LogP contribution in [0, 0.1) is 5.92 Å². The van der Waals surface area contributed by atoms with E-state index in [1.807, 2.05) is 0 Å². The molecular weight excluding hydrogens is 124 g/mol. The van der Waals surface area contributed by atoms with Crippen molar-refractivity contribution in [2.24, 2.45) is 5.92 Å². The Morgan fingerprint density at radius 1 is 1.40 bits per heavy atom. The fourth-order valence-electron chi connectivity index (χ4n) is 1.24. The van der Waals surface area contributed by atoms with Crippen LogP contribution >= 0.6 is 0 Å². The second-order valence-corrected chi connectivity index (χ2v) is 3.61. The third-order valence-corrected chi connectivity index (χ3v) is 2.08. The first kappa shape index (κ1) is 9.96. The third kappa shape index (κ3) is 3.21. The summed E-state index contributed by atoms with van der Waals surface area (Å²) >= 11 is 0. The van der Waals surface area contributed by atoms with E-state index in [0.717, 1.165) is 18.8 Å². The first-order valence-corrected chi connectivity index (χ1v) is 4.09. The van der Waals surface area contributed by atoms with Gasteiger partial charge < -0.3 is 4.74 Å². The van der Waals surface area contributed by atoms with E-state index >= 15 is 0 Å². The molecule has 0 aromatic heterocycles. The number of methoxy groups -OCH3 is 1. The van der Waals surface area contributed by atoms with Crippen molar-refractivity contribution in [1.82, 2.24) is 0 Å². The summed E-state index contributed by atoms with van der Waals surface area (Å²) < 4.78 is 5.40. The van der Waals surface area contributed by atoms with Gasteiger partial charge in [-0.2, -0.15) is 0 Å². The van der Waals surface area contributed by atoms with Crippen molar-refractivity contribution in [3.8, 4) is 0 Å². The molecule has 0 aromatic rings. The van der Waals surface area contributed by atoms with Gasteiger partial charge in [-0.3, -0.25) is 0 Å². The van der Waals surface area contributed by atoms with Crippen LogP contribution in [-0.4, -0.2) is 12.7 Å². The van der Waals surface area contributed by atoms with Crippen LogP contribution < -0.4 is 0 Å². The molecule has 0 aliphatic heterocycles. The molecule has 1 nitrogen and oxygen atoms in total. The van der Waals surface area contributed by atoms with Gasteiger partial charge in [0.25, 0.3) is 0 Å². The monoisotopic (exact) mass is 144 g/mol. The van der Waals surface area contributed by atoms with E-state index < -0.39 is 0 Å². The second-order valence-electron chi connectivity index (χ2n) is 3.61. The highest BCUT2D eigenvalue weighted by molar-refractivity contribution is 4.73. The highest BCUT2D eigenvalue weighted by atomic mass is 16.5. The summed E-state index contributed by atoms with van der Waals surface area (Å²) in [5.41, 5.74) is 0.105. The molecule has 0 spiro atoms. The molecule has 1 unspecified atom stereocenters. The van der Waals surface area contributed by atoms with E-state index in [9.17, 15) is 0 Å². The van der Waals surface area contributed by atoms with Crippen LogP contribution in [0.3, 0.4) is 0 Å². The molecule has 0 fully saturated rings. The third-order valence-electron chi connectivity index (χ3n) is 2.08. The maximum atomic E-state index is 5.40. The van der Waals surface area contributed by atoms with E-state index in [1.165, 1.54) is 0 Å². The van der Waals surface area contributed by atoms with Crippen LogP contribution in [0.25, 0.3) is 0 Å². The Kier molecular flexibility index (Phi) is 3.95. The van der Waals surface area contributed by atoms with Gasteiger partial charge in [-0.25, -0.2) is 0 Å². The van der Waals surface area contributed by atoms with Crippen molar-refractivity contribution in [3.05, 3.63) is 0 Å². The Labute approximate surface area is 64.8 Å². The molecule has 0 bridgehead atoms. The molecule has 10 heavy (non-hydrogen) atoms. The largest absolute Gasteiger partial charge is 0.379 e. The van der Waals surface area contributed by atoms with Gasteiger partial charge in [0.2, 0.25) is 0 Å². The number of hydrogen-bond donors (Lipinski definition) is 0. The van der Waals surface area contributed by atoms with Crippen molar-refractivity contribution in [2.75, 3.05) is 7.11 Å². The van der Waals surface area contributed by atoms with Crippen molar-refractivity contribution in [2.45, 2.75) is 46.1 Å². The summed E-state index contributed by atoms with van der Waals surface area (Å²) in [4.78, 5) is 0. The molecule has 0 heterocycles. The average Bonchev–Trinajstić information content (AvgIpc) is 1.87. The van der Waals surface area contributed by atoms with Crippen molar-refractivity contribution in [3.63, 3.8) is 0 Å². The molecule has 0 saturated carbocycles. The lowest BCUT2D eigenvalue weighted by Gasteiger charge is -2.28. The summed E-state index contributed by atoms with van der Waals surface area (Å²) in [7, 11) is 1.80. The topological polar surface area (TPSA) is 9.23 Å². The highest BCUT2D eigenvalue weighted by Gasteiger charge is 2.21. The first-order chi connectivity index (χ1) is 4.54. The number of hydrogen-bond acceptors (Lipinski definition) is 1. The Morgan fingerprint density at radius 3 is 2.00 bits per heavy atom. The van der Waals surface area contributed by atoms with E-state index in [-0.39, 0.29) is 5.60 Å². The molecule has 62 valence electrons.